The van der Waals surface area contributed by atoms with E-state index in [0.717, 1.165) is 12.0 Å². The molecule has 1 amide bonds. The van der Waals surface area contributed by atoms with E-state index in [1.807, 2.05) is 23.8 Å². The molecule has 0 aliphatic carbocycles. The zero-order valence-corrected chi connectivity index (χ0v) is 17.0. The number of rotatable bonds is 11. The topological polar surface area (TPSA) is 72.9 Å². The van der Waals surface area contributed by atoms with Crippen LogP contribution >= 0.6 is 11.3 Å². The minimum absolute atomic E-state index is 0.0347. The van der Waals surface area contributed by atoms with Gasteiger partial charge in [-0.3, -0.25) is 14.4 Å². The highest BCUT2D eigenvalue weighted by atomic mass is 32.1. The van der Waals surface area contributed by atoms with Gasteiger partial charge < -0.3 is 14.4 Å². The van der Waals surface area contributed by atoms with Gasteiger partial charge in [0, 0.05) is 25.6 Å². The second-order valence-corrected chi connectivity index (χ2v) is 7.12. The first-order valence-electron chi connectivity index (χ1n) is 9.16. The van der Waals surface area contributed by atoms with E-state index in [1.165, 1.54) is 4.90 Å². The Balaban J connectivity index is 1.69. The van der Waals surface area contributed by atoms with Gasteiger partial charge in [-0.2, -0.15) is 11.3 Å². The maximum atomic E-state index is 12.2. The van der Waals surface area contributed by atoms with E-state index >= 15 is 0 Å². The second-order valence-electron chi connectivity index (χ2n) is 6.34. The molecule has 0 fully saturated rings. The lowest BCUT2D eigenvalue weighted by molar-refractivity contribution is -0.151. The van der Waals surface area contributed by atoms with Crippen LogP contribution in [0.2, 0.25) is 0 Å². The van der Waals surface area contributed by atoms with Crippen molar-refractivity contribution >= 4 is 29.0 Å². The fraction of sp³-hybridized carbons (Fsp3) is 0.381. The van der Waals surface area contributed by atoms with Crippen molar-refractivity contribution < 1.29 is 23.9 Å². The first kappa shape index (κ1) is 21.6. The van der Waals surface area contributed by atoms with E-state index < -0.39 is 5.97 Å². The molecule has 0 radical (unpaired) electrons. The molecule has 28 heavy (non-hydrogen) atoms. The van der Waals surface area contributed by atoms with E-state index in [0.29, 0.717) is 24.5 Å². The molecule has 0 unspecified atom stereocenters. The fourth-order valence-corrected chi connectivity index (χ4v) is 3.05. The average Bonchev–Trinajstić information content (AvgIpc) is 3.21. The number of esters is 1. The Morgan fingerprint density at radius 3 is 2.46 bits per heavy atom. The molecule has 1 heterocycles. The van der Waals surface area contributed by atoms with Gasteiger partial charge in [-0.05, 0) is 53.1 Å². The molecular formula is C21H25NO5S. The molecule has 1 aromatic heterocycles. The predicted octanol–water partition coefficient (Wildman–Crippen LogP) is 3.70. The van der Waals surface area contributed by atoms with Crippen LogP contribution in [0.3, 0.4) is 0 Å². The summed E-state index contributed by atoms with van der Waals surface area (Å²) >= 11 is 1.56. The van der Waals surface area contributed by atoms with Crippen LogP contribution in [0.15, 0.2) is 41.1 Å². The van der Waals surface area contributed by atoms with Gasteiger partial charge in [0.2, 0.25) is 0 Å². The summed E-state index contributed by atoms with van der Waals surface area (Å²) in [7, 11) is 1.66. The van der Waals surface area contributed by atoms with Crippen LogP contribution in [0.1, 0.15) is 42.1 Å². The predicted molar refractivity (Wildman–Crippen MR) is 108 cm³/mol. The Kier molecular flexibility index (Phi) is 8.68. The van der Waals surface area contributed by atoms with Gasteiger partial charge in [-0.15, -0.1) is 0 Å². The van der Waals surface area contributed by atoms with Crippen molar-refractivity contribution in [2.24, 2.45) is 0 Å². The third kappa shape index (κ3) is 7.15. The molecule has 1 aromatic carbocycles. The van der Waals surface area contributed by atoms with E-state index in [1.54, 1.807) is 42.6 Å². The van der Waals surface area contributed by atoms with Crippen molar-refractivity contribution in [2.45, 2.75) is 32.7 Å². The first-order valence-corrected chi connectivity index (χ1v) is 10.1. The van der Waals surface area contributed by atoms with Gasteiger partial charge in [0.05, 0.1) is 13.0 Å². The summed E-state index contributed by atoms with van der Waals surface area (Å²) in [5.41, 5.74) is 1.55. The number of hydrogen-bond acceptors (Lipinski definition) is 6. The fourth-order valence-electron chi connectivity index (χ4n) is 2.39. The van der Waals surface area contributed by atoms with Gasteiger partial charge in [0.25, 0.3) is 5.91 Å². The van der Waals surface area contributed by atoms with Gasteiger partial charge in [0.1, 0.15) is 5.75 Å². The smallest absolute Gasteiger partial charge is 0.306 e. The number of Topliss-reactive ketones (excluding diaryl/α,β-unsaturated/α-hetero) is 1. The van der Waals surface area contributed by atoms with Gasteiger partial charge in [-0.1, -0.05) is 6.92 Å². The number of hydrogen-bond donors (Lipinski definition) is 0. The number of ketones is 1. The van der Waals surface area contributed by atoms with Crippen molar-refractivity contribution in [1.29, 1.82) is 0 Å². The Morgan fingerprint density at radius 2 is 1.82 bits per heavy atom. The zero-order valence-electron chi connectivity index (χ0n) is 16.2. The summed E-state index contributed by atoms with van der Waals surface area (Å²) in [6.45, 7) is 2.79. The van der Waals surface area contributed by atoms with Crippen molar-refractivity contribution in [3.63, 3.8) is 0 Å². The summed E-state index contributed by atoms with van der Waals surface area (Å²) in [6.07, 6.45) is 0.885. The molecule has 0 atom stereocenters. The van der Waals surface area contributed by atoms with Crippen molar-refractivity contribution in [3.8, 4) is 5.75 Å². The summed E-state index contributed by atoms with van der Waals surface area (Å²) in [4.78, 5) is 37.5. The third-order valence-electron chi connectivity index (χ3n) is 3.99. The summed E-state index contributed by atoms with van der Waals surface area (Å²) in [5, 5.41) is 3.90. The lowest BCUT2D eigenvalue weighted by Crippen LogP contribution is -2.30. The minimum Gasteiger partial charge on any atom is -0.494 e. The number of amides is 1. The maximum Gasteiger partial charge on any atom is 0.306 e. The lowest BCUT2D eigenvalue weighted by atomic mass is 10.1. The summed E-state index contributed by atoms with van der Waals surface area (Å²) in [6, 6.07) is 8.78. The third-order valence-corrected chi connectivity index (χ3v) is 4.72. The van der Waals surface area contributed by atoms with Crippen LogP contribution in [0.4, 0.5) is 0 Å². The molecule has 7 heteroatoms. The molecule has 6 nitrogen and oxygen atoms in total. The number of likely N-dealkylation sites (N-methyl/N-ethyl adjacent to an activating group) is 1. The molecular weight excluding hydrogens is 378 g/mol. The molecule has 150 valence electrons. The van der Waals surface area contributed by atoms with Crippen molar-refractivity contribution in [3.05, 3.63) is 52.2 Å². The molecule has 0 spiro atoms. The van der Waals surface area contributed by atoms with Crippen LogP contribution < -0.4 is 4.74 Å². The number of ether oxygens (including phenoxy) is 2. The number of carbonyl (C=O) groups is 3. The summed E-state index contributed by atoms with van der Waals surface area (Å²) in [5.74, 6) is -0.287. The summed E-state index contributed by atoms with van der Waals surface area (Å²) < 4.78 is 10.5. The SMILES string of the molecule is CCCOc1ccc(C(=O)CCC(=O)OCC(=O)N(C)Cc2ccsc2)cc1. The first-order chi connectivity index (χ1) is 13.5. The zero-order chi connectivity index (χ0) is 20.4. The van der Waals surface area contributed by atoms with Crippen LogP contribution in [0, 0.1) is 0 Å². The quantitative estimate of drug-likeness (QED) is 0.422. The van der Waals surface area contributed by atoms with E-state index in [9.17, 15) is 14.4 Å². The molecule has 0 aliphatic rings. The largest absolute Gasteiger partial charge is 0.494 e. The molecule has 0 saturated heterocycles. The van der Waals surface area contributed by atoms with E-state index in [4.69, 9.17) is 9.47 Å². The van der Waals surface area contributed by atoms with Gasteiger partial charge in [0.15, 0.2) is 12.4 Å². The Bertz CT molecular complexity index is 771. The number of carbonyl (C=O) groups excluding carboxylic acids is 3. The highest BCUT2D eigenvalue weighted by molar-refractivity contribution is 7.07. The molecule has 0 aliphatic heterocycles. The lowest BCUT2D eigenvalue weighted by Gasteiger charge is -2.16. The number of thiophene rings is 1. The monoisotopic (exact) mass is 403 g/mol. The van der Waals surface area contributed by atoms with E-state index in [-0.39, 0.29) is 31.1 Å². The van der Waals surface area contributed by atoms with Gasteiger partial charge in [-0.25, -0.2) is 0 Å². The molecule has 2 aromatic rings. The molecule has 2 rings (SSSR count). The molecule has 0 saturated carbocycles. The van der Waals surface area contributed by atoms with Crippen molar-refractivity contribution in [1.82, 2.24) is 4.90 Å². The minimum atomic E-state index is -0.562. The second kappa shape index (κ2) is 11.2. The van der Waals surface area contributed by atoms with Crippen LogP contribution in [-0.2, 0) is 20.9 Å². The Labute approximate surface area is 169 Å². The highest BCUT2D eigenvalue weighted by Gasteiger charge is 2.14. The van der Waals surface area contributed by atoms with Crippen molar-refractivity contribution in [2.75, 3.05) is 20.3 Å². The van der Waals surface area contributed by atoms with Gasteiger partial charge >= 0.3 is 5.97 Å². The molecule has 0 bridgehead atoms. The number of nitrogens with zero attached hydrogens (tertiary/aromatic N) is 1. The van der Waals surface area contributed by atoms with E-state index in [2.05, 4.69) is 0 Å². The standard InChI is InChI=1S/C21H25NO5S/c1-3-11-26-18-6-4-17(5-7-18)19(23)8-9-21(25)27-14-20(24)22(2)13-16-10-12-28-15-16/h4-7,10,12,15H,3,8-9,11,13-14H2,1-2H3. The Morgan fingerprint density at radius 1 is 1.07 bits per heavy atom. The molecule has 0 N–H and O–H groups in total. The normalized spacial score (nSPS) is 10.4. The number of benzene rings is 1. The van der Waals surface area contributed by atoms with Crippen LogP contribution in [0.5, 0.6) is 5.75 Å². The van der Waals surface area contributed by atoms with Crippen LogP contribution in [0.25, 0.3) is 0 Å². The Hall–Kier alpha value is -2.67. The maximum absolute atomic E-state index is 12.2. The highest BCUT2D eigenvalue weighted by Crippen LogP contribution is 2.14. The average molecular weight is 404 g/mol. The van der Waals surface area contributed by atoms with Crippen LogP contribution in [-0.4, -0.2) is 42.8 Å².